The van der Waals surface area contributed by atoms with Crippen LogP contribution in [0.1, 0.15) is 53.4 Å². The van der Waals surface area contributed by atoms with Crippen molar-refractivity contribution in [1.82, 2.24) is 4.31 Å². The van der Waals surface area contributed by atoms with Crippen LogP contribution in [-0.2, 0) is 24.7 Å². The average molecular weight is 520 g/mol. The van der Waals surface area contributed by atoms with Gasteiger partial charge in [-0.25, -0.2) is 25.5 Å². The van der Waals surface area contributed by atoms with E-state index in [9.17, 15) is 26.0 Å². The lowest BCUT2D eigenvalue weighted by Gasteiger charge is -2.37. The van der Waals surface area contributed by atoms with Crippen molar-refractivity contribution in [3.63, 3.8) is 0 Å². The van der Waals surface area contributed by atoms with Gasteiger partial charge in [-0.1, -0.05) is 25.4 Å². The van der Waals surface area contributed by atoms with Crippen LogP contribution in [0, 0.1) is 22.7 Å². The summed E-state index contributed by atoms with van der Waals surface area (Å²) >= 11 is 5.86. The third kappa shape index (κ3) is 4.01. The second-order valence-corrected chi connectivity index (χ2v) is 15.4. The molecule has 184 valence electrons. The minimum absolute atomic E-state index is 0.0387. The Morgan fingerprint density at radius 3 is 2.42 bits per heavy atom. The molecule has 4 atom stereocenters. The fourth-order valence-electron chi connectivity index (χ4n) is 6.57. The van der Waals surface area contributed by atoms with Crippen molar-refractivity contribution in [1.29, 1.82) is 0 Å². The fraction of sp³-hybridized carbons (Fsp3) is 0.696. The van der Waals surface area contributed by atoms with Crippen LogP contribution in [0.3, 0.4) is 0 Å². The Kier molecular flexibility index (Phi) is 5.78. The number of sulfone groups is 1. The van der Waals surface area contributed by atoms with E-state index < -0.39 is 61.0 Å². The van der Waals surface area contributed by atoms with Gasteiger partial charge < -0.3 is 0 Å². The van der Waals surface area contributed by atoms with Crippen molar-refractivity contribution in [3.05, 3.63) is 29.3 Å². The first kappa shape index (κ1) is 24.9. The van der Waals surface area contributed by atoms with Gasteiger partial charge in [0.05, 0.1) is 28.4 Å². The number of amides is 1. The number of rotatable bonds is 6. The van der Waals surface area contributed by atoms with Crippen molar-refractivity contribution in [2.45, 2.75) is 70.0 Å². The number of carbonyl (C=O) groups excluding carboxylic acids is 1. The molecular formula is C23H31ClFNO5S2. The molecule has 1 aliphatic heterocycles. The van der Waals surface area contributed by atoms with E-state index in [-0.39, 0.29) is 16.1 Å². The third-order valence-corrected chi connectivity index (χ3v) is 12.3. The second-order valence-electron chi connectivity index (χ2n) is 11.1. The predicted octanol–water partition coefficient (Wildman–Crippen LogP) is 4.24. The van der Waals surface area contributed by atoms with Crippen LogP contribution < -0.4 is 0 Å². The molecule has 1 saturated heterocycles. The summed E-state index contributed by atoms with van der Waals surface area (Å²) in [5, 5.41) is 0.360. The SMILES string of the molecule is CC(C)(F)C[C@@H](CS(=O)(=O)c1ccc(Cl)cc1)C(=O)N1C2CC3CCC2(CS1(=O)=O)C3(C)C. The summed E-state index contributed by atoms with van der Waals surface area (Å²) in [5.74, 6) is -2.60. The van der Waals surface area contributed by atoms with Crippen LogP contribution in [0.4, 0.5) is 4.39 Å². The van der Waals surface area contributed by atoms with Gasteiger partial charge in [-0.3, -0.25) is 4.79 Å². The number of benzene rings is 1. The lowest BCUT2D eigenvalue weighted by atomic mass is 9.69. The van der Waals surface area contributed by atoms with Crippen molar-refractivity contribution < 1.29 is 26.0 Å². The highest BCUT2D eigenvalue weighted by molar-refractivity contribution is 7.91. The Bertz CT molecular complexity index is 1170. The molecule has 1 aromatic carbocycles. The molecule has 0 N–H and O–H groups in total. The van der Waals surface area contributed by atoms with Gasteiger partial charge in [0.1, 0.15) is 5.67 Å². The van der Waals surface area contributed by atoms with E-state index in [1.807, 2.05) is 0 Å². The van der Waals surface area contributed by atoms with E-state index >= 15 is 0 Å². The molecule has 2 bridgehead atoms. The Hall–Kier alpha value is -1.19. The van der Waals surface area contributed by atoms with E-state index in [4.69, 9.17) is 11.6 Å². The predicted molar refractivity (Wildman–Crippen MR) is 125 cm³/mol. The number of nitrogens with zero attached hydrogens (tertiary/aromatic N) is 1. The topological polar surface area (TPSA) is 88.6 Å². The molecule has 6 nitrogen and oxygen atoms in total. The maximum Gasteiger partial charge on any atom is 0.240 e. The van der Waals surface area contributed by atoms with Gasteiger partial charge in [-0.2, -0.15) is 0 Å². The zero-order valence-corrected chi connectivity index (χ0v) is 21.7. The smallest absolute Gasteiger partial charge is 0.240 e. The number of fused-ring (bicyclic) bond motifs is 1. The third-order valence-electron chi connectivity index (χ3n) is 8.30. The molecule has 4 rings (SSSR count). The minimum atomic E-state index is -3.99. The molecule has 2 saturated carbocycles. The number of hydrogen-bond donors (Lipinski definition) is 0. The number of halogens is 2. The van der Waals surface area contributed by atoms with E-state index in [2.05, 4.69) is 13.8 Å². The number of alkyl halides is 1. The molecular weight excluding hydrogens is 489 g/mol. The van der Waals surface area contributed by atoms with Crippen molar-refractivity contribution >= 4 is 37.4 Å². The largest absolute Gasteiger partial charge is 0.273 e. The number of carbonyl (C=O) groups is 1. The quantitative estimate of drug-likeness (QED) is 0.561. The summed E-state index contributed by atoms with van der Waals surface area (Å²) in [6, 6.07) is 5.03. The maximum atomic E-state index is 14.7. The fourth-order valence-corrected chi connectivity index (χ4v) is 10.8. The molecule has 1 heterocycles. The van der Waals surface area contributed by atoms with Gasteiger partial charge in [0.25, 0.3) is 0 Å². The summed E-state index contributed by atoms with van der Waals surface area (Å²) in [7, 11) is -7.92. The second kappa shape index (κ2) is 7.65. The standard InChI is InChI=1S/C23H31ClFNO5S2/c1-21(2,25)12-15(13-32(28,29)18-7-5-17(24)6-8-18)20(27)26-19-11-16-9-10-23(19,22(16,3)4)14-33(26,30)31/h5-8,15-16,19H,9-14H2,1-4H3/t15-,16?,19?,23?/m0/s1. The zero-order chi connectivity index (χ0) is 24.6. The molecule has 3 unspecified atom stereocenters. The Morgan fingerprint density at radius 1 is 1.27 bits per heavy atom. The van der Waals surface area contributed by atoms with Crippen molar-refractivity contribution in [2.24, 2.45) is 22.7 Å². The molecule has 0 aromatic heterocycles. The normalized spacial score (nSPS) is 30.9. The molecule has 0 radical (unpaired) electrons. The molecule has 1 aromatic rings. The molecule has 33 heavy (non-hydrogen) atoms. The highest BCUT2D eigenvalue weighted by Crippen LogP contribution is 2.70. The Morgan fingerprint density at radius 2 is 1.88 bits per heavy atom. The number of hydrogen-bond acceptors (Lipinski definition) is 5. The van der Waals surface area contributed by atoms with Crippen LogP contribution in [0.5, 0.6) is 0 Å². The van der Waals surface area contributed by atoms with Gasteiger partial charge in [0.15, 0.2) is 9.84 Å². The highest BCUT2D eigenvalue weighted by Gasteiger charge is 2.72. The maximum absolute atomic E-state index is 14.7. The van der Waals surface area contributed by atoms with E-state index in [1.165, 1.54) is 38.1 Å². The monoisotopic (exact) mass is 519 g/mol. The van der Waals surface area contributed by atoms with E-state index in [1.54, 1.807) is 0 Å². The van der Waals surface area contributed by atoms with Crippen LogP contribution in [0.2, 0.25) is 5.02 Å². The molecule has 10 heteroatoms. The number of sulfonamides is 1. The lowest BCUT2D eigenvalue weighted by Crippen LogP contribution is -2.48. The zero-order valence-electron chi connectivity index (χ0n) is 19.3. The van der Waals surface area contributed by atoms with Crippen molar-refractivity contribution in [2.75, 3.05) is 11.5 Å². The van der Waals surface area contributed by atoms with Crippen LogP contribution in [0.15, 0.2) is 29.2 Å². The van der Waals surface area contributed by atoms with Crippen molar-refractivity contribution in [3.8, 4) is 0 Å². The molecule has 3 aliphatic rings. The lowest BCUT2D eigenvalue weighted by molar-refractivity contribution is -0.133. The first-order chi connectivity index (χ1) is 15.0. The van der Waals surface area contributed by atoms with Crippen LogP contribution >= 0.6 is 11.6 Å². The molecule has 1 amide bonds. The van der Waals surface area contributed by atoms with Gasteiger partial charge in [0, 0.05) is 10.4 Å². The Balaban J connectivity index is 1.70. The van der Waals surface area contributed by atoms with Crippen LogP contribution in [0.25, 0.3) is 0 Å². The highest BCUT2D eigenvalue weighted by atomic mass is 35.5. The van der Waals surface area contributed by atoms with Gasteiger partial charge in [-0.05, 0) is 75.1 Å². The summed E-state index contributed by atoms with van der Waals surface area (Å²) in [6.45, 7) is 6.67. The molecule has 1 spiro atoms. The summed E-state index contributed by atoms with van der Waals surface area (Å²) in [6.07, 6.45) is 1.83. The Labute approximate surface area is 200 Å². The molecule has 2 aliphatic carbocycles. The van der Waals surface area contributed by atoms with E-state index in [0.717, 1.165) is 17.1 Å². The summed E-state index contributed by atoms with van der Waals surface area (Å²) in [5.41, 5.74) is -2.62. The van der Waals surface area contributed by atoms with Gasteiger partial charge >= 0.3 is 0 Å². The van der Waals surface area contributed by atoms with Crippen LogP contribution in [-0.4, -0.2) is 50.3 Å². The summed E-state index contributed by atoms with van der Waals surface area (Å²) < 4.78 is 68.4. The first-order valence-electron chi connectivity index (χ1n) is 11.2. The van der Waals surface area contributed by atoms with Gasteiger partial charge in [-0.15, -0.1) is 0 Å². The first-order valence-corrected chi connectivity index (χ1v) is 14.9. The average Bonchev–Trinajstić information content (AvgIpc) is 3.13. The van der Waals surface area contributed by atoms with Gasteiger partial charge in [0.2, 0.25) is 15.9 Å². The van der Waals surface area contributed by atoms with E-state index in [0.29, 0.717) is 17.4 Å². The minimum Gasteiger partial charge on any atom is -0.273 e. The summed E-state index contributed by atoms with van der Waals surface area (Å²) in [4.78, 5) is 13.7. The molecule has 3 fully saturated rings.